The number of benzene rings is 1. The molecule has 0 bridgehead atoms. The second kappa shape index (κ2) is 8.30. The number of amides is 1. The minimum absolute atomic E-state index is 0.0801. The molecule has 2 aromatic rings. The van der Waals surface area contributed by atoms with Gasteiger partial charge < -0.3 is 10.6 Å². The molecule has 0 aliphatic rings. The zero-order chi connectivity index (χ0) is 17.7. The Morgan fingerprint density at radius 1 is 1.21 bits per heavy atom. The second-order valence-electron chi connectivity index (χ2n) is 6.46. The quantitative estimate of drug-likeness (QED) is 0.730. The summed E-state index contributed by atoms with van der Waals surface area (Å²) in [6.45, 7) is 8.34. The number of halogens is 2. The van der Waals surface area contributed by atoms with Crippen LogP contribution in [0.1, 0.15) is 41.8 Å². The van der Waals surface area contributed by atoms with Crippen molar-refractivity contribution >= 4 is 40.4 Å². The molecule has 1 heterocycles. The highest BCUT2D eigenvalue weighted by atomic mass is 35.5. The van der Waals surface area contributed by atoms with Crippen molar-refractivity contribution in [3.05, 3.63) is 49.9 Å². The maximum Gasteiger partial charge on any atom is 0.251 e. The molecule has 2 rings (SSSR count). The van der Waals surface area contributed by atoms with Gasteiger partial charge in [-0.05, 0) is 18.2 Å². The monoisotopic (exact) mass is 385 g/mol. The van der Waals surface area contributed by atoms with Crippen molar-refractivity contribution in [2.75, 3.05) is 13.1 Å². The van der Waals surface area contributed by atoms with Crippen LogP contribution in [0.2, 0.25) is 10.0 Å². The van der Waals surface area contributed by atoms with Crippen molar-refractivity contribution in [2.24, 2.45) is 0 Å². The summed E-state index contributed by atoms with van der Waals surface area (Å²) in [6, 6.07) is 4.84. The van der Waals surface area contributed by atoms with Gasteiger partial charge in [0.1, 0.15) is 0 Å². The molecule has 0 spiro atoms. The van der Waals surface area contributed by atoms with Gasteiger partial charge in [-0.1, -0.05) is 44.0 Å². The first-order valence-corrected chi connectivity index (χ1v) is 9.30. The first-order valence-electron chi connectivity index (χ1n) is 7.66. The Kier molecular flexibility index (Phi) is 6.63. The normalized spacial score (nSPS) is 11.5. The van der Waals surface area contributed by atoms with Crippen molar-refractivity contribution < 1.29 is 4.79 Å². The molecule has 1 aromatic heterocycles. The third-order valence-corrected chi connectivity index (χ3v) is 5.32. The summed E-state index contributed by atoms with van der Waals surface area (Å²) in [4.78, 5) is 16.6. The van der Waals surface area contributed by atoms with Crippen LogP contribution in [0.3, 0.4) is 0 Å². The molecule has 0 saturated heterocycles. The van der Waals surface area contributed by atoms with Crippen molar-refractivity contribution in [2.45, 2.75) is 32.7 Å². The number of carbonyl (C=O) groups is 1. The third-order valence-electron chi connectivity index (χ3n) is 3.27. The van der Waals surface area contributed by atoms with Gasteiger partial charge >= 0.3 is 0 Å². The summed E-state index contributed by atoms with van der Waals surface area (Å²) in [5.74, 6) is -0.168. The van der Waals surface area contributed by atoms with Gasteiger partial charge in [-0.25, -0.2) is 4.98 Å². The Bertz CT molecular complexity index is 710. The van der Waals surface area contributed by atoms with E-state index in [0.29, 0.717) is 35.2 Å². The average molecular weight is 386 g/mol. The van der Waals surface area contributed by atoms with Crippen LogP contribution in [0.15, 0.2) is 23.6 Å². The van der Waals surface area contributed by atoms with E-state index in [1.165, 1.54) is 0 Å². The van der Waals surface area contributed by atoms with Crippen LogP contribution in [-0.2, 0) is 12.0 Å². The Morgan fingerprint density at radius 2 is 1.96 bits per heavy atom. The number of nitrogens with zero attached hydrogens (tertiary/aromatic N) is 1. The predicted molar refractivity (Wildman–Crippen MR) is 101 cm³/mol. The Labute approximate surface area is 156 Å². The molecule has 0 saturated carbocycles. The summed E-state index contributed by atoms with van der Waals surface area (Å²) < 4.78 is 0. The number of hydrogen-bond donors (Lipinski definition) is 2. The fourth-order valence-corrected chi connectivity index (χ4v) is 3.16. The van der Waals surface area contributed by atoms with Gasteiger partial charge in [-0.15, -0.1) is 11.3 Å². The minimum Gasteiger partial charge on any atom is -0.351 e. The van der Waals surface area contributed by atoms with Gasteiger partial charge in [0, 0.05) is 36.0 Å². The molecule has 0 radical (unpaired) electrons. The summed E-state index contributed by atoms with van der Waals surface area (Å²) in [7, 11) is 0. The lowest BCUT2D eigenvalue weighted by Crippen LogP contribution is -2.31. The van der Waals surface area contributed by atoms with Gasteiger partial charge in [0.15, 0.2) is 0 Å². The molecule has 0 aliphatic heterocycles. The van der Waals surface area contributed by atoms with E-state index in [0.717, 1.165) is 10.7 Å². The molecule has 1 amide bonds. The van der Waals surface area contributed by atoms with E-state index in [-0.39, 0.29) is 11.3 Å². The van der Waals surface area contributed by atoms with Crippen LogP contribution < -0.4 is 10.6 Å². The number of thiazole rings is 1. The summed E-state index contributed by atoms with van der Waals surface area (Å²) >= 11 is 13.4. The van der Waals surface area contributed by atoms with E-state index in [9.17, 15) is 4.79 Å². The Balaban J connectivity index is 1.72. The number of carbonyl (C=O) groups excluding carboxylic acids is 1. The van der Waals surface area contributed by atoms with Crippen molar-refractivity contribution in [3.8, 4) is 0 Å². The highest BCUT2D eigenvalue weighted by molar-refractivity contribution is 7.09. The van der Waals surface area contributed by atoms with E-state index >= 15 is 0 Å². The standard InChI is InChI=1S/C17H21Cl2N3OS/c1-17(2,3)16-22-12(10-24-16)9-20-6-7-21-15(23)11-4-5-13(18)14(19)8-11/h4-5,8,10,20H,6-7,9H2,1-3H3,(H,21,23). The van der Waals surface area contributed by atoms with E-state index in [2.05, 4.69) is 41.8 Å². The van der Waals surface area contributed by atoms with Crippen molar-refractivity contribution in [1.82, 2.24) is 15.6 Å². The zero-order valence-corrected chi connectivity index (χ0v) is 16.3. The fraction of sp³-hybridized carbons (Fsp3) is 0.412. The molecule has 0 aliphatic carbocycles. The van der Waals surface area contributed by atoms with Crippen LogP contribution in [0.25, 0.3) is 0 Å². The third kappa shape index (κ3) is 5.45. The summed E-state index contributed by atoms with van der Waals surface area (Å²) in [5, 5.41) is 10.1. The van der Waals surface area contributed by atoms with E-state index in [1.54, 1.807) is 29.5 Å². The van der Waals surface area contributed by atoms with Crippen molar-refractivity contribution in [3.63, 3.8) is 0 Å². The van der Waals surface area contributed by atoms with Gasteiger partial charge in [-0.2, -0.15) is 0 Å². The molecule has 0 unspecified atom stereocenters. The highest BCUT2D eigenvalue weighted by Crippen LogP contribution is 2.25. The molecule has 0 atom stereocenters. The minimum atomic E-state index is -0.168. The highest BCUT2D eigenvalue weighted by Gasteiger charge is 2.17. The van der Waals surface area contributed by atoms with Crippen LogP contribution in [-0.4, -0.2) is 24.0 Å². The molecule has 4 nitrogen and oxygen atoms in total. The zero-order valence-electron chi connectivity index (χ0n) is 14.0. The lowest BCUT2D eigenvalue weighted by Gasteiger charge is -2.13. The fourth-order valence-electron chi connectivity index (χ4n) is 1.95. The van der Waals surface area contributed by atoms with Gasteiger partial charge in [0.2, 0.25) is 0 Å². The lowest BCUT2D eigenvalue weighted by atomic mass is 9.98. The molecule has 2 N–H and O–H groups in total. The largest absolute Gasteiger partial charge is 0.351 e. The van der Waals surface area contributed by atoms with E-state index in [4.69, 9.17) is 23.2 Å². The van der Waals surface area contributed by atoms with Crippen LogP contribution in [0, 0.1) is 0 Å². The van der Waals surface area contributed by atoms with Crippen LogP contribution in [0.4, 0.5) is 0 Å². The van der Waals surface area contributed by atoms with Crippen LogP contribution in [0.5, 0.6) is 0 Å². The molecular weight excluding hydrogens is 365 g/mol. The maximum atomic E-state index is 12.0. The SMILES string of the molecule is CC(C)(C)c1nc(CNCCNC(=O)c2ccc(Cl)c(Cl)c2)cs1. The first kappa shape index (κ1) is 19.2. The topological polar surface area (TPSA) is 54.0 Å². The number of aromatic nitrogens is 1. The smallest absolute Gasteiger partial charge is 0.251 e. The summed E-state index contributed by atoms with van der Waals surface area (Å²) in [6.07, 6.45) is 0. The van der Waals surface area contributed by atoms with Gasteiger partial charge in [-0.3, -0.25) is 4.79 Å². The Hall–Kier alpha value is -1.14. The molecule has 130 valence electrons. The average Bonchev–Trinajstić information content (AvgIpc) is 2.98. The molecular formula is C17H21Cl2N3OS. The number of nitrogens with one attached hydrogen (secondary N) is 2. The van der Waals surface area contributed by atoms with Gasteiger partial charge in [0.05, 0.1) is 20.7 Å². The number of hydrogen-bond acceptors (Lipinski definition) is 4. The molecule has 7 heteroatoms. The van der Waals surface area contributed by atoms with E-state index in [1.807, 2.05) is 0 Å². The van der Waals surface area contributed by atoms with Gasteiger partial charge in [0.25, 0.3) is 5.91 Å². The van der Waals surface area contributed by atoms with Crippen molar-refractivity contribution in [1.29, 1.82) is 0 Å². The molecule has 0 fully saturated rings. The number of rotatable bonds is 6. The summed E-state index contributed by atoms with van der Waals surface area (Å²) in [5.41, 5.74) is 1.61. The van der Waals surface area contributed by atoms with Crippen LogP contribution >= 0.6 is 34.5 Å². The maximum absolute atomic E-state index is 12.0. The Morgan fingerprint density at radius 3 is 2.58 bits per heavy atom. The predicted octanol–water partition coefficient (Wildman–Crippen LogP) is 4.27. The second-order valence-corrected chi connectivity index (χ2v) is 8.13. The molecule has 1 aromatic carbocycles. The lowest BCUT2D eigenvalue weighted by molar-refractivity contribution is 0.0954. The molecule has 24 heavy (non-hydrogen) atoms. The first-order chi connectivity index (χ1) is 11.3. The van der Waals surface area contributed by atoms with E-state index < -0.39 is 0 Å².